The van der Waals surface area contributed by atoms with Gasteiger partial charge in [0.05, 0.1) is 12.1 Å². The summed E-state index contributed by atoms with van der Waals surface area (Å²) in [7, 11) is 0. The lowest BCUT2D eigenvalue weighted by molar-refractivity contribution is 0.151. The minimum absolute atomic E-state index is 0.140. The van der Waals surface area contributed by atoms with Gasteiger partial charge >= 0.3 is 0 Å². The molecule has 2 rings (SSSR count). The van der Waals surface area contributed by atoms with Gasteiger partial charge in [-0.2, -0.15) is 0 Å². The van der Waals surface area contributed by atoms with Gasteiger partial charge in [0.15, 0.2) is 0 Å². The fourth-order valence-corrected chi connectivity index (χ4v) is 2.41. The molecule has 1 heterocycles. The average Bonchev–Trinajstić information content (AvgIpc) is 2.86. The van der Waals surface area contributed by atoms with Gasteiger partial charge in [-0.25, -0.2) is 0 Å². The average molecular weight is 273 g/mol. The van der Waals surface area contributed by atoms with Crippen molar-refractivity contribution in [3.63, 3.8) is 0 Å². The zero-order valence-electron chi connectivity index (χ0n) is 12.3. The third kappa shape index (κ3) is 3.95. The van der Waals surface area contributed by atoms with Gasteiger partial charge in [-0.1, -0.05) is 30.3 Å². The van der Waals surface area contributed by atoms with Crippen LogP contribution in [0.4, 0.5) is 0 Å². The molecular weight excluding hydrogens is 250 g/mol. The Kier molecular flexibility index (Phi) is 4.99. The first-order chi connectivity index (χ1) is 9.56. The summed E-state index contributed by atoms with van der Waals surface area (Å²) in [6.45, 7) is 6.10. The third-order valence-corrected chi connectivity index (χ3v) is 3.48. The van der Waals surface area contributed by atoms with E-state index < -0.39 is 6.10 Å². The van der Waals surface area contributed by atoms with Crippen LogP contribution in [0.1, 0.15) is 49.5 Å². The lowest BCUT2D eigenvalue weighted by Crippen LogP contribution is -2.30. The number of furan rings is 1. The Morgan fingerprint density at radius 2 is 1.80 bits per heavy atom. The first-order valence-corrected chi connectivity index (χ1v) is 7.11. The standard InChI is InChI=1S/C17H23NO2/c1-12(11-16(19)15-7-5-4-6-8-15)18-14(3)17-10-9-13(2)20-17/h4-10,12,14,16,18-19H,11H2,1-3H3. The molecule has 20 heavy (non-hydrogen) atoms. The number of aryl methyl sites for hydroxylation is 1. The van der Waals surface area contributed by atoms with Gasteiger partial charge in [0.2, 0.25) is 0 Å². The molecule has 3 heteroatoms. The maximum absolute atomic E-state index is 10.2. The molecule has 0 spiro atoms. The first kappa shape index (κ1) is 14.8. The molecule has 0 aliphatic carbocycles. The summed E-state index contributed by atoms with van der Waals surface area (Å²) in [4.78, 5) is 0. The smallest absolute Gasteiger partial charge is 0.120 e. The molecule has 3 unspecified atom stereocenters. The predicted octanol–water partition coefficient (Wildman–Crippen LogP) is 3.75. The van der Waals surface area contributed by atoms with Gasteiger partial charge in [0.25, 0.3) is 0 Å². The van der Waals surface area contributed by atoms with E-state index in [-0.39, 0.29) is 12.1 Å². The van der Waals surface area contributed by atoms with E-state index in [0.717, 1.165) is 17.1 Å². The van der Waals surface area contributed by atoms with E-state index in [1.807, 2.05) is 49.4 Å². The van der Waals surface area contributed by atoms with Crippen LogP contribution in [0.2, 0.25) is 0 Å². The molecular formula is C17H23NO2. The molecule has 3 atom stereocenters. The Bertz CT molecular complexity index is 521. The second-order valence-corrected chi connectivity index (χ2v) is 5.40. The van der Waals surface area contributed by atoms with Gasteiger partial charge in [0.1, 0.15) is 11.5 Å². The molecule has 2 aromatic rings. The lowest BCUT2D eigenvalue weighted by atomic mass is 10.0. The van der Waals surface area contributed by atoms with Gasteiger partial charge < -0.3 is 14.8 Å². The van der Waals surface area contributed by atoms with Gasteiger partial charge in [-0.05, 0) is 44.9 Å². The van der Waals surface area contributed by atoms with Crippen molar-refractivity contribution in [1.29, 1.82) is 0 Å². The molecule has 0 saturated carbocycles. The van der Waals surface area contributed by atoms with Gasteiger partial charge in [0, 0.05) is 6.04 Å². The minimum atomic E-state index is -0.441. The van der Waals surface area contributed by atoms with Gasteiger partial charge in [-0.3, -0.25) is 0 Å². The molecule has 108 valence electrons. The third-order valence-electron chi connectivity index (χ3n) is 3.48. The van der Waals surface area contributed by atoms with Crippen molar-refractivity contribution in [3.8, 4) is 0 Å². The molecule has 0 bridgehead atoms. The molecule has 0 saturated heterocycles. The summed E-state index contributed by atoms with van der Waals surface area (Å²) in [6.07, 6.45) is 0.234. The number of aliphatic hydroxyl groups excluding tert-OH is 1. The van der Waals surface area contributed by atoms with E-state index in [1.54, 1.807) is 0 Å². The molecule has 0 aliphatic heterocycles. The highest BCUT2D eigenvalue weighted by Gasteiger charge is 2.16. The van der Waals surface area contributed by atoms with E-state index in [9.17, 15) is 5.11 Å². The Balaban J connectivity index is 1.87. The number of hydrogen-bond donors (Lipinski definition) is 2. The summed E-state index contributed by atoms with van der Waals surface area (Å²) in [5.41, 5.74) is 0.961. The Hall–Kier alpha value is -1.58. The summed E-state index contributed by atoms with van der Waals surface area (Å²) >= 11 is 0. The summed E-state index contributed by atoms with van der Waals surface area (Å²) in [5.74, 6) is 1.86. The minimum Gasteiger partial charge on any atom is -0.465 e. The highest BCUT2D eigenvalue weighted by Crippen LogP contribution is 2.21. The quantitative estimate of drug-likeness (QED) is 0.842. The predicted molar refractivity (Wildman–Crippen MR) is 80.5 cm³/mol. The highest BCUT2D eigenvalue weighted by atomic mass is 16.3. The maximum atomic E-state index is 10.2. The van der Waals surface area contributed by atoms with Crippen molar-refractivity contribution in [3.05, 3.63) is 59.5 Å². The van der Waals surface area contributed by atoms with E-state index in [0.29, 0.717) is 6.42 Å². The van der Waals surface area contributed by atoms with E-state index in [2.05, 4.69) is 19.2 Å². The summed E-state index contributed by atoms with van der Waals surface area (Å²) in [5, 5.41) is 13.7. The van der Waals surface area contributed by atoms with Crippen molar-refractivity contribution in [1.82, 2.24) is 5.32 Å². The van der Waals surface area contributed by atoms with Crippen molar-refractivity contribution in [2.45, 2.75) is 45.4 Å². The Morgan fingerprint density at radius 3 is 2.40 bits per heavy atom. The largest absolute Gasteiger partial charge is 0.465 e. The second kappa shape index (κ2) is 6.73. The SMILES string of the molecule is Cc1ccc(C(C)NC(C)CC(O)c2ccccc2)o1. The van der Waals surface area contributed by atoms with Crippen LogP contribution in [0.3, 0.4) is 0 Å². The van der Waals surface area contributed by atoms with Crippen LogP contribution in [-0.2, 0) is 0 Å². The summed E-state index contributed by atoms with van der Waals surface area (Å²) < 4.78 is 5.61. The fraction of sp³-hybridized carbons (Fsp3) is 0.412. The molecule has 2 N–H and O–H groups in total. The summed E-state index contributed by atoms with van der Waals surface area (Å²) in [6, 6.07) is 14.1. The molecule has 3 nitrogen and oxygen atoms in total. The van der Waals surface area contributed by atoms with E-state index in [4.69, 9.17) is 4.42 Å². The second-order valence-electron chi connectivity index (χ2n) is 5.40. The lowest BCUT2D eigenvalue weighted by Gasteiger charge is -2.21. The molecule has 0 fully saturated rings. The Labute approximate surface area is 120 Å². The number of benzene rings is 1. The Morgan fingerprint density at radius 1 is 1.10 bits per heavy atom. The first-order valence-electron chi connectivity index (χ1n) is 7.11. The number of rotatable bonds is 6. The number of nitrogens with one attached hydrogen (secondary N) is 1. The molecule has 0 amide bonds. The molecule has 1 aromatic carbocycles. The molecule has 0 radical (unpaired) electrons. The van der Waals surface area contributed by atoms with Crippen LogP contribution >= 0.6 is 0 Å². The van der Waals surface area contributed by atoms with Crippen LogP contribution in [0.25, 0.3) is 0 Å². The molecule has 1 aromatic heterocycles. The monoisotopic (exact) mass is 273 g/mol. The van der Waals surface area contributed by atoms with Crippen LogP contribution in [0.5, 0.6) is 0 Å². The van der Waals surface area contributed by atoms with E-state index >= 15 is 0 Å². The van der Waals surface area contributed by atoms with Crippen LogP contribution in [0, 0.1) is 6.92 Å². The van der Waals surface area contributed by atoms with Crippen LogP contribution < -0.4 is 5.32 Å². The van der Waals surface area contributed by atoms with E-state index in [1.165, 1.54) is 0 Å². The van der Waals surface area contributed by atoms with Crippen molar-refractivity contribution >= 4 is 0 Å². The fourth-order valence-electron chi connectivity index (χ4n) is 2.41. The molecule has 0 aliphatic rings. The van der Waals surface area contributed by atoms with Gasteiger partial charge in [-0.15, -0.1) is 0 Å². The van der Waals surface area contributed by atoms with Crippen molar-refractivity contribution in [2.24, 2.45) is 0 Å². The van der Waals surface area contributed by atoms with Crippen LogP contribution in [0.15, 0.2) is 46.9 Å². The van der Waals surface area contributed by atoms with Crippen molar-refractivity contribution in [2.75, 3.05) is 0 Å². The van der Waals surface area contributed by atoms with Crippen LogP contribution in [-0.4, -0.2) is 11.1 Å². The zero-order valence-corrected chi connectivity index (χ0v) is 12.3. The topological polar surface area (TPSA) is 45.4 Å². The maximum Gasteiger partial charge on any atom is 0.120 e. The van der Waals surface area contributed by atoms with Crippen molar-refractivity contribution < 1.29 is 9.52 Å². The highest BCUT2D eigenvalue weighted by molar-refractivity contribution is 5.17. The normalized spacial score (nSPS) is 15.8. The zero-order chi connectivity index (χ0) is 14.5. The number of hydrogen-bond acceptors (Lipinski definition) is 3. The number of aliphatic hydroxyl groups is 1.